The third kappa shape index (κ3) is 4.25. The van der Waals surface area contributed by atoms with Gasteiger partial charge in [0.2, 0.25) is 0 Å². The van der Waals surface area contributed by atoms with Crippen molar-refractivity contribution in [3.63, 3.8) is 0 Å². The maximum absolute atomic E-state index is 4.37. The molecule has 0 saturated carbocycles. The van der Waals surface area contributed by atoms with Crippen LogP contribution in [0, 0.1) is 0 Å². The Morgan fingerprint density at radius 3 is 1.83 bits per heavy atom. The molecule has 2 heterocycles. The van der Waals surface area contributed by atoms with Crippen LogP contribution in [0.25, 0.3) is 60.5 Å². The minimum absolute atomic E-state index is 1.03. The van der Waals surface area contributed by atoms with Crippen molar-refractivity contribution in [2.45, 2.75) is 0 Å². The highest BCUT2D eigenvalue weighted by Crippen LogP contribution is 2.43. The summed E-state index contributed by atoms with van der Waals surface area (Å²) >= 11 is 0. The first-order valence-electron chi connectivity index (χ1n) is 15.6. The lowest BCUT2D eigenvalue weighted by Crippen LogP contribution is -2.09. The third-order valence-electron chi connectivity index (χ3n) is 9.05. The topological polar surface area (TPSA) is 21.1 Å². The molecule has 0 radical (unpaired) electrons. The molecular formula is C43H29N3. The van der Waals surface area contributed by atoms with Crippen LogP contribution in [-0.4, -0.2) is 9.55 Å². The first kappa shape index (κ1) is 26.2. The van der Waals surface area contributed by atoms with Crippen molar-refractivity contribution in [1.29, 1.82) is 0 Å². The summed E-state index contributed by atoms with van der Waals surface area (Å²) in [5.74, 6) is 0. The smallest absolute Gasteiger partial charge is 0.0644 e. The van der Waals surface area contributed by atoms with Crippen molar-refractivity contribution >= 4 is 49.6 Å². The fourth-order valence-corrected chi connectivity index (χ4v) is 6.95. The van der Waals surface area contributed by atoms with E-state index in [1.165, 1.54) is 60.5 Å². The monoisotopic (exact) mass is 587 g/mol. The van der Waals surface area contributed by atoms with E-state index in [1.54, 1.807) is 0 Å². The first-order chi connectivity index (χ1) is 22.8. The molecule has 0 amide bonds. The lowest BCUT2D eigenvalue weighted by atomic mass is 9.93. The molecule has 7 aromatic carbocycles. The summed E-state index contributed by atoms with van der Waals surface area (Å²) in [4.78, 5) is 6.60. The van der Waals surface area contributed by atoms with Crippen LogP contribution in [0.2, 0.25) is 0 Å². The molecule has 0 aliphatic rings. The number of aromatic nitrogens is 2. The molecule has 0 fully saturated rings. The van der Waals surface area contributed by atoms with Crippen molar-refractivity contribution in [1.82, 2.24) is 9.55 Å². The maximum atomic E-state index is 4.37. The standard InChI is InChI=1S/C43H29N3/c1-3-10-34(11-4-1)45(37-14-8-28-44-29-37)36-23-20-31(21-24-36)30-16-18-32(19-17-30)38-26-27-41-43-39(38)25-22-33-9-7-15-40(42(33)43)46(41)35-12-5-2-6-13-35/h1-29H. The van der Waals surface area contributed by atoms with Crippen molar-refractivity contribution in [2.75, 3.05) is 4.90 Å². The highest BCUT2D eigenvalue weighted by Gasteiger charge is 2.19. The third-order valence-corrected chi connectivity index (χ3v) is 9.05. The summed E-state index contributed by atoms with van der Waals surface area (Å²) < 4.78 is 2.40. The number of anilines is 3. The predicted octanol–water partition coefficient (Wildman–Crippen LogP) is 11.6. The summed E-state index contributed by atoms with van der Waals surface area (Å²) in [6, 6.07) is 58.7. The van der Waals surface area contributed by atoms with Crippen LogP contribution in [0.1, 0.15) is 0 Å². The van der Waals surface area contributed by atoms with Gasteiger partial charge in [0.05, 0.1) is 22.9 Å². The molecule has 9 rings (SSSR count). The summed E-state index contributed by atoms with van der Waals surface area (Å²) in [5.41, 5.74) is 11.7. The van der Waals surface area contributed by atoms with E-state index in [-0.39, 0.29) is 0 Å². The largest absolute Gasteiger partial charge is 0.309 e. The average molecular weight is 588 g/mol. The van der Waals surface area contributed by atoms with Gasteiger partial charge < -0.3 is 9.47 Å². The Kier molecular flexibility index (Phi) is 6.14. The molecule has 0 bridgehead atoms. The molecule has 0 aliphatic carbocycles. The van der Waals surface area contributed by atoms with Crippen molar-refractivity contribution in [3.8, 4) is 27.9 Å². The van der Waals surface area contributed by atoms with Gasteiger partial charge >= 0.3 is 0 Å². The van der Waals surface area contributed by atoms with Gasteiger partial charge in [0.15, 0.2) is 0 Å². The fourth-order valence-electron chi connectivity index (χ4n) is 6.95. The molecule has 3 nitrogen and oxygen atoms in total. The van der Waals surface area contributed by atoms with Crippen molar-refractivity contribution < 1.29 is 0 Å². The van der Waals surface area contributed by atoms with E-state index in [0.717, 1.165) is 17.1 Å². The number of hydrogen-bond acceptors (Lipinski definition) is 2. The summed E-state index contributed by atoms with van der Waals surface area (Å²) in [5, 5.41) is 5.21. The number of benzene rings is 7. The van der Waals surface area contributed by atoms with E-state index in [0.29, 0.717) is 0 Å². The van der Waals surface area contributed by atoms with Crippen molar-refractivity contribution in [3.05, 3.63) is 176 Å². The molecule has 0 aliphatic heterocycles. The van der Waals surface area contributed by atoms with Gasteiger partial charge in [-0.05, 0) is 93.7 Å². The fraction of sp³-hybridized carbons (Fsp3) is 0. The van der Waals surface area contributed by atoms with Crippen LogP contribution in [0.5, 0.6) is 0 Å². The Morgan fingerprint density at radius 1 is 0.435 bits per heavy atom. The van der Waals surface area contributed by atoms with Gasteiger partial charge in [-0.25, -0.2) is 0 Å². The van der Waals surface area contributed by atoms with Crippen LogP contribution in [0.15, 0.2) is 176 Å². The van der Waals surface area contributed by atoms with Gasteiger partial charge in [0, 0.05) is 34.0 Å². The lowest BCUT2D eigenvalue weighted by molar-refractivity contribution is 1.18. The predicted molar refractivity (Wildman–Crippen MR) is 193 cm³/mol. The van der Waals surface area contributed by atoms with Crippen LogP contribution in [0.3, 0.4) is 0 Å². The van der Waals surface area contributed by atoms with Gasteiger partial charge in [0.25, 0.3) is 0 Å². The van der Waals surface area contributed by atoms with E-state index in [1.807, 2.05) is 24.5 Å². The van der Waals surface area contributed by atoms with Gasteiger partial charge in [-0.15, -0.1) is 0 Å². The maximum Gasteiger partial charge on any atom is 0.0644 e. The second-order valence-corrected chi connectivity index (χ2v) is 11.7. The second kappa shape index (κ2) is 10.8. The zero-order valence-electron chi connectivity index (χ0n) is 25.1. The highest BCUT2D eigenvalue weighted by atomic mass is 15.1. The molecule has 0 unspecified atom stereocenters. The molecule has 0 N–H and O–H groups in total. The van der Waals surface area contributed by atoms with Crippen LogP contribution in [0.4, 0.5) is 17.1 Å². The average Bonchev–Trinajstić information content (AvgIpc) is 3.48. The Balaban J connectivity index is 1.09. The Hall–Kier alpha value is -6.19. The van der Waals surface area contributed by atoms with E-state index < -0.39 is 0 Å². The van der Waals surface area contributed by atoms with Gasteiger partial charge in [-0.1, -0.05) is 103 Å². The normalized spacial score (nSPS) is 11.5. The van der Waals surface area contributed by atoms with E-state index >= 15 is 0 Å². The van der Waals surface area contributed by atoms with Crippen LogP contribution >= 0.6 is 0 Å². The SMILES string of the molecule is c1ccc(N(c2ccc(-c3ccc(-c4ccc5c6c4ccc4cccc(c46)n5-c4ccccc4)cc3)cc2)c2cccnc2)cc1. The number of pyridine rings is 1. The molecule has 0 atom stereocenters. The van der Waals surface area contributed by atoms with Gasteiger partial charge in [-0.2, -0.15) is 0 Å². The second-order valence-electron chi connectivity index (χ2n) is 11.7. The molecule has 0 saturated heterocycles. The minimum Gasteiger partial charge on any atom is -0.309 e. The number of hydrogen-bond donors (Lipinski definition) is 0. The quantitative estimate of drug-likeness (QED) is 0.180. The van der Waals surface area contributed by atoms with Gasteiger partial charge in [-0.3, -0.25) is 4.98 Å². The molecule has 3 heteroatoms. The molecule has 216 valence electrons. The Bertz CT molecular complexity index is 2390. The van der Waals surface area contributed by atoms with E-state index in [2.05, 4.69) is 166 Å². The van der Waals surface area contributed by atoms with Gasteiger partial charge in [0.1, 0.15) is 0 Å². The molecule has 0 spiro atoms. The minimum atomic E-state index is 1.03. The number of nitrogens with zero attached hydrogens (tertiary/aromatic N) is 3. The van der Waals surface area contributed by atoms with Crippen LogP contribution in [-0.2, 0) is 0 Å². The molecule has 9 aromatic rings. The van der Waals surface area contributed by atoms with E-state index in [9.17, 15) is 0 Å². The number of rotatable bonds is 6. The Morgan fingerprint density at radius 2 is 1.09 bits per heavy atom. The summed E-state index contributed by atoms with van der Waals surface area (Å²) in [6.07, 6.45) is 3.71. The van der Waals surface area contributed by atoms with Crippen molar-refractivity contribution in [2.24, 2.45) is 0 Å². The molecule has 2 aromatic heterocycles. The van der Waals surface area contributed by atoms with Crippen LogP contribution < -0.4 is 4.90 Å². The highest BCUT2D eigenvalue weighted by molar-refractivity contribution is 6.26. The molecule has 46 heavy (non-hydrogen) atoms. The lowest BCUT2D eigenvalue weighted by Gasteiger charge is -2.25. The number of para-hydroxylation sites is 2. The Labute approximate surface area is 267 Å². The summed E-state index contributed by atoms with van der Waals surface area (Å²) in [6.45, 7) is 0. The summed E-state index contributed by atoms with van der Waals surface area (Å²) in [7, 11) is 0. The van der Waals surface area contributed by atoms with E-state index in [4.69, 9.17) is 0 Å². The first-order valence-corrected chi connectivity index (χ1v) is 15.6. The molecular weight excluding hydrogens is 558 g/mol. The zero-order chi connectivity index (χ0) is 30.5. The zero-order valence-corrected chi connectivity index (χ0v) is 25.1.